The summed E-state index contributed by atoms with van der Waals surface area (Å²) in [6, 6.07) is 0. The van der Waals surface area contributed by atoms with E-state index < -0.39 is 90.7 Å². The Kier molecular flexibility index (Phi) is 22.8. The Morgan fingerprint density at radius 2 is 1.58 bits per heavy atom. The number of ether oxygens (including phenoxy) is 1. The number of aliphatic hydroxyl groups is 3. The highest BCUT2D eigenvalue weighted by atomic mass is 32.2. The molecule has 0 bridgehead atoms. The molecule has 1 aliphatic heterocycles. The topological polar surface area (TPSA) is 384 Å². The second kappa shape index (κ2) is 26.2. The number of nitrogen functional groups attached to an aromatic ring is 1. The molecule has 2 aromatic heterocycles. The van der Waals surface area contributed by atoms with Crippen molar-refractivity contribution in [3.63, 3.8) is 0 Å². The van der Waals surface area contributed by atoms with Gasteiger partial charge in [0, 0.05) is 37.1 Å². The number of anilines is 1. The van der Waals surface area contributed by atoms with Crippen LogP contribution in [-0.2, 0) is 50.7 Å². The fourth-order valence-corrected chi connectivity index (χ4v) is 9.91. The number of phosphoric acid groups is 3. The summed E-state index contributed by atoms with van der Waals surface area (Å²) in [5.74, 6) is -1.22. The molecule has 1 fully saturated rings. The number of thioether (sulfide) groups is 1. The Morgan fingerprint density at radius 1 is 0.938 bits per heavy atom. The lowest BCUT2D eigenvalue weighted by atomic mass is 9.87. The molecule has 8 unspecified atom stereocenters. The summed E-state index contributed by atoms with van der Waals surface area (Å²) in [7, 11) is -16.4. The van der Waals surface area contributed by atoms with E-state index in [2.05, 4.69) is 41.3 Å². The summed E-state index contributed by atoms with van der Waals surface area (Å²) in [4.78, 5) is 88.2. The molecular formula is C35H62N7O18P3S. The van der Waals surface area contributed by atoms with Crippen LogP contribution in [0.15, 0.2) is 12.7 Å². The fourth-order valence-electron chi connectivity index (χ4n) is 6.34. The average Bonchev–Trinajstić information content (AvgIpc) is 3.76. The predicted molar refractivity (Wildman–Crippen MR) is 230 cm³/mol. The first-order chi connectivity index (χ1) is 29.9. The third kappa shape index (κ3) is 19.4. The van der Waals surface area contributed by atoms with Crippen molar-refractivity contribution in [1.29, 1.82) is 0 Å². The molecule has 8 atom stereocenters. The summed E-state index contributed by atoms with van der Waals surface area (Å²) in [6.45, 7) is 2.59. The van der Waals surface area contributed by atoms with Crippen molar-refractivity contribution in [3.05, 3.63) is 12.7 Å². The van der Waals surface area contributed by atoms with Crippen LogP contribution in [-0.4, -0.2) is 134 Å². The minimum absolute atomic E-state index is 0.0253. The van der Waals surface area contributed by atoms with E-state index >= 15 is 0 Å². The van der Waals surface area contributed by atoms with Gasteiger partial charge >= 0.3 is 23.5 Å². The van der Waals surface area contributed by atoms with Crippen molar-refractivity contribution in [1.82, 2.24) is 30.2 Å². The summed E-state index contributed by atoms with van der Waals surface area (Å²) < 4.78 is 62.3. The van der Waals surface area contributed by atoms with E-state index in [1.165, 1.54) is 52.4 Å². The van der Waals surface area contributed by atoms with Crippen LogP contribution in [0.2, 0.25) is 0 Å². The lowest BCUT2D eigenvalue weighted by Crippen LogP contribution is -2.46. The molecule has 3 heterocycles. The van der Waals surface area contributed by atoms with Crippen molar-refractivity contribution in [3.8, 4) is 0 Å². The number of aromatic nitrogens is 4. The average molecular weight is 994 g/mol. The number of aliphatic hydroxyl groups excluding tert-OH is 3. The van der Waals surface area contributed by atoms with Gasteiger partial charge in [0.1, 0.15) is 36.3 Å². The number of hydrogen-bond acceptors (Lipinski definition) is 19. The molecule has 1 aliphatic rings. The van der Waals surface area contributed by atoms with Gasteiger partial charge in [0.25, 0.3) is 0 Å². The smallest absolute Gasteiger partial charge is 0.393 e. The number of carbonyl (C=O) groups is 3. The molecule has 2 aromatic rings. The molecule has 25 nitrogen and oxygen atoms in total. The van der Waals surface area contributed by atoms with E-state index in [0.717, 1.165) is 48.2 Å². The molecule has 11 N–H and O–H groups in total. The third-order valence-corrected chi connectivity index (χ3v) is 13.8. The van der Waals surface area contributed by atoms with Gasteiger partial charge in [-0.15, -0.1) is 0 Å². The van der Waals surface area contributed by atoms with Gasteiger partial charge in [0.2, 0.25) is 11.8 Å². The molecular weight excluding hydrogens is 931 g/mol. The second-order valence-electron chi connectivity index (χ2n) is 15.8. The molecule has 64 heavy (non-hydrogen) atoms. The zero-order valence-corrected chi connectivity index (χ0v) is 39.4. The Morgan fingerprint density at radius 3 is 2.23 bits per heavy atom. The summed E-state index contributed by atoms with van der Waals surface area (Å²) >= 11 is 0.995. The maximum Gasteiger partial charge on any atom is 0.481 e. The van der Waals surface area contributed by atoms with E-state index in [1.807, 2.05) is 0 Å². The number of unbranched alkanes of at least 4 members (excludes halogenated alkanes) is 8. The first kappa shape index (κ1) is 55.8. The lowest BCUT2D eigenvalue weighted by Gasteiger charge is -2.30. The number of rotatable bonds is 31. The Bertz CT molecular complexity index is 1960. The highest BCUT2D eigenvalue weighted by Crippen LogP contribution is 2.61. The monoisotopic (exact) mass is 993 g/mol. The second-order valence-corrected chi connectivity index (χ2v) is 21.2. The van der Waals surface area contributed by atoms with Gasteiger partial charge in [-0.1, -0.05) is 90.3 Å². The van der Waals surface area contributed by atoms with E-state index in [9.17, 15) is 63.0 Å². The van der Waals surface area contributed by atoms with Crippen molar-refractivity contribution in [2.24, 2.45) is 5.41 Å². The highest BCUT2D eigenvalue weighted by molar-refractivity contribution is 8.13. The van der Waals surface area contributed by atoms with Gasteiger partial charge in [0.15, 0.2) is 22.8 Å². The van der Waals surface area contributed by atoms with Gasteiger partial charge < -0.3 is 56.0 Å². The van der Waals surface area contributed by atoms with Gasteiger partial charge in [-0.25, -0.2) is 28.6 Å². The molecule has 1 saturated heterocycles. The lowest BCUT2D eigenvalue weighted by molar-refractivity contribution is -0.137. The van der Waals surface area contributed by atoms with Gasteiger partial charge in [-0.3, -0.25) is 32.5 Å². The van der Waals surface area contributed by atoms with Crippen LogP contribution < -0.4 is 16.4 Å². The zero-order valence-electron chi connectivity index (χ0n) is 35.9. The highest BCUT2D eigenvalue weighted by Gasteiger charge is 2.50. The predicted octanol–water partition coefficient (Wildman–Crippen LogP) is 2.34. The van der Waals surface area contributed by atoms with Crippen molar-refractivity contribution in [2.75, 3.05) is 37.8 Å². The number of nitrogens with zero attached hydrogens (tertiary/aromatic N) is 4. The van der Waals surface area contributed by atoms with Gasteiger partial charge in [0.05, 0.1) is 25.6 Å². The number of hydrogen-bond donors (Lipinski definition) is 10. The quantitative estimate of drug-likeness (QED) is 0.0383. The minimum atomic E-state index is -5.58. The third-order valence-electron chi connectivity index (χ3n) is 9.81. The number of phosphoric ester groups is 3. The minimum Gasteiger partial charge on any atom is -0.393 e. The molecule has 2 amide bonds. The van der Waals surface area contributed by atoms with Crippen LogP contribution in [0.1, 0.15) is 104 Å². The van der Waals surface area contributed by atoms with Crippen LogP contribution in [0, 0.1) is 5.41 Å². The maximum absolute atomic E-state index is 12.7. The van der Waals surface area contributed by atoms with E-state index in [0.29, 0.717) is 6.42 Å². The van der Waals surface area contributed by atoms with Crippen LogP contribution >= 0.6 is 35.2 Å². The Labute approximate surface area is 374 Å². The summed E-state index contributed by atoms with van der Waals surface area (Å²) in [5, 5.41) is 36.5. The number of nitrogens with one attached hydrogen (secondary N) is 2. The Balaban J connectivity index is 1.36. The molecule has 0 aromatic carbocycles. The van der Waals surface area contributed by atoms with Crippen molar-refractivity contribution < 1.29 is 85.6 Å². The van der Waals surface area contributed by atoms with Crippen LogP contribution in [0.4, 0.5) is 5.82 Å². The number of imidazole rings is 1. The molecule has 29 heteroatoms. The Hall–Kier alpha value is -2.48. The molecule has 0 radical (unpaired) electrons. The summed E-state index contributed by atoms with van der Waals surface area (Å²) in [5.41, 5.74) is 4.25. The summed E-state index contributed by atoms with van der Waals surface area (Å²) in [6.07, 6.45) is 3.31. The standard InChI is InChI=1S/C35H62N7O18P3S/c1-4-5-6-7-8-9-10-11-12-13-23(43)18-26(45)64-17-16-37-25(44)14-15-38-33(48)30(47)35(2,3)20-57-63(54,55)60-62(52,53)56-19-24-29(59-61(49,50)51)28(46)34(58-24)42-22-41-27-31(36)39-21-40-32(27)42/h21-24,28-30,34,43,46-47H,4-20H2,1-3H3,(H,37,44)(H,38,48)(H,52,53)(H,54,55)(H2,36,39,40)(H2,49,50,51). The van der Waals surface area contributed by atoms with E-state index in [4.69, 9.17) is 19.5 Å². The van der Waals surface area contributed by atoms with Crippen molar-refractivity contribution >= 4 is 69.1 Å². The number of fused-ring (bicyclic) bond motifs is 1. The molecule has 3 rings (SSSR count). The maximum atomic E-state index is 12.7. The molecule has 0 saturated carbocycles. The van der Waals surface area contributed by atoms with Gasteiger partial charge in [-0.2, -0.15) is 4.31 Å². The zero-order chi connectivity index (χ0) is 47.7. The fraction of sp³-hybridized carbons (Fsp3) is 0.771. The van der Waals surface area contributed by atoms with E-state index in [-0.39, 0.29) is 53.8 Å². The number of nitrogens with two attached hydrogens (primary N) is 1. The molecule has 0 aliphatic carbocycles. The van der Waals surface area contributed by atoms with Crippen LogP contribution in [0.5, 0.6) is 0 Å². The van der Waals surface area contributed by atoms with Crippen LogP contribution in [0.3, 0.4) is 0 Å². The van der Waals surface area contributed by atoms with Crippen molar-refractivity contribution in [2.45, 2.75) is 135 Å². The SMILES string of the molecule is CCCCCCCCCCCC(O)CC(=O)SCCNC(=O)CCNC(=O)C(O)C(C)(C)COP(=O)(O)OP(=O)(O)OCC1OC(n2cnc3c(N)ncnc32)C(O)C1OP(=O)(O)O. The number of amides is 2. The van der Waals surface area contributed by atoms with E-state index in [1.54, 1.807) is 0 Å². The first-order valence-corrected chi connectivity index (χ1v) is 26.2. The normalized spacial score (nSPS) is 21.0. The number of carbonyl (C=O) groups excluding carboxylic acids is 3. The molecule has 0 spiro atoms. The molecule has 366 valence electrons. The first-order valence-electron chi connectivity index (χ1n) is 20.7. The van der Waals surface area contributed by atoms with Crippen LogP contribution in [0.25, 0.3) is 11.2 Å². The van der Waals surface area contributed by atoms with Gasteiger partial charge in [-0.05, 0) is 6.42 Å². The largest absolute Gasteiger partial charge is 0.481 e.